The molecule has 1 amide bonds. The van der Waals surface area contributed by atoms with Crippen molar-refractivity contribution in [3.63, 3.8) is 0 Å². The molecule has 0 fully saturated rings. The number of ether oxygens (including phenoxy) is 1. The molecule has 0 radical (unpaired) electrons. The molecule has 8 heteroatoms. The van der Waals surface area contributed by atoms with Gasteiger partial charge in [0.05, 0.1) is 11.4 Å². The van der Waals surface area contributed by atoms with E-state index in [1.807, 2.05) is 25.1 Å². The van der Waals surface area contributed by atoms with Crippen molar-refractivity contribution in [3.8, 4) is 5.69 Å². The number of carbonyl (C=O) groups is 1. The van der Waals surface area contributed by atoms with Crippen LogP contribution in [0.3, 0.4) is 0 Å². The minimum absolute atomic E-state index is 0.0351. The number of nitrogens with one attached hydrogen (secondary N) is 1. The van der Waals surface area contributed by atoms with Gasteiger partial charge in [0, 0.05) is 24.8 Å². The summed E-state index contributed by atoms with van der Waals surface area (Å²) >= 11 is 7.33. The fourth-order valence-electron chi connectivity index (χ4n) is 1.85. The summed E-state index contributed by atoms with van der Waals surface area (Å²) in [5, 5.41) is 12.1. The zero-order chi connectivity index (χ0) is 16.5. The predicted molar refractivity (Wildman–Crippen MR) is 91.2 cm³/mol. The second kappa shape index (κ2) is 9.54. The fourth-order valence-corrected chi connectivity index (χ4v) is 2.80. The van der Waals surface area contributed by atoms with Crippen LogP contribution in [0.4, 0.5) is 0 Å². The number of halogens is 1. The molecule has 1 heterocycles. The summed E-state index contributed by atoms with van der Waals surface area (Å²) in [5.41, 5.74) is 0.863. The third-order valence-corrected chi connectivity index (χ3v) is 4.11. The Kier molecular flexibility index (Phi) is 7.38. The first kappa shape index (κ1) is 17.8. The summed E-state index contributed by atoms with van der Waals surface area (Å²) in [6.07, 6.45) is 2.41. The van der Waals surface area contributed by atoms with Crippen LogP contribution in [0.2, 0.25) is 5.02 Å². The maximum atomic E-state index is 11.8. The summed E-state index contributed by atoms with van der Waals surface area (Å²) in [4.78, 5) is 11.8. The van der Waals surface area contributed by atoms with E-state index in [4.69, 9.17) is 16.3 Å². The monoisotopic (exact) mass is 354 g/mol. The maximum absolute atomic E-state index is 11.8. The lowest BCUT2D eigenvalue weighted by molar-refractivity contribution is -0.118. The number of amides is 1. The Morgan fingerprint density at radius 1 is 1.48 bits per heavy atom. The van der Waals surface area contributed by atoms with Gasteiger partial charge in [-0.05, 0) is 31.5 Å². The average molecular weight is 355 g/mol. The van der Waals surface area contributed by atoms with Crippen LogP contribution in [0.5, 0.6) is 0 Å². The van der Waals surface area contributed by atoms with Gasteiger partial charge in [0.25, 0.3) is 0 Å². The van der Waals surface area contributed by atoms with Gasteiger partial charge in [-0.25, -0.2) is 0 Å². The van der Waals surface area contributed by atoms with Gasteiger partial charge in [0.2, 0.25) is 5.91 Å². The minimum atomic E-state index is -0.0351. The molecule has 0 bridgehead atoms. The Bertz CT molecular complexity index is 635. The van der Waals surface area contributed by atoms with Crippen LogP contribution in [0.25, 0.3) is 5.69 Å². The predicted octanol–water partition coefficient (Wildman–Crippen LogP) is 2.56. The maximum Gasteiger partial charge on any atom is 0.230 e. The van der Waals surface area contributed by atoms with Crippen molar-refractivity contribution in [2.45, 2.75) is 18.5 Å². The van der Waals surface area contributed by atoms with Crippen molar-refractivity contribution in [3.05, 3.63) is 35.6 Å². The number of aromatic nitrogens is 3. The van der Waals surface area contributed by atoms with Crippen molar-refractivity contribution in [2.24, 2.45) is 0 Å². The first-order chi connectivity index (χ1) is 11.2. The van der Waals surface area contributed by atoms with Gasteiger partial charge in [-0.15, -0.1) is 10.2 Å². The van der Waals surface area contributed by atoms with E-state index in [-0.39, 0.29) is 11.7 Å². The van der Waals surface area contributed by atoms with E-state index in [9.17, 15) is 4.79 Å². The summed E-state index contributed by atoms with van der Waals surface area (Å²) in [6, 6.07) is 7.39. The van der Waals surface area contributed by atoms with Gasteiger partial charge in [0.15, 0.2) is 5.16 Å². The second-order valence-corrected chi connectivity index (χ2v) is 6.03. The molecule has 0 saturated heterocycles. The first-order valence-electron chi connectivity index (χ1n) is 7.34. The summed E-state index contributed by atoms with van der Waals surface area (Å²) in [6.45, 7) is 3.92. The van der Waals surface area contributed by atoms with E-state index in [0.29, 0.717) is 29.9 Å². The normalized spacial score (nSPS) is 10.7. The van der Waals surface area contributed by atoms with E-state index >= 15 is 0 Å². The molecule has 2 aromatic rings. The molecule has 0 spiro atoms. The SMILES string of the molecule is CCOCCCNC(=O)CSc1nncn1-c1cccc(Cl)c1. The lowest BCUT2D eigenvalue weighted by Gasteiger charge is -2.07. The standard InChI is InChI=1S/C15H19ClN4O2S/c1-2-22-8-4-7-17-14(21)10-23-15-19-18-11-20(15)13-6-3-5-12(16)9-13/h3,5-6,9,11H,2,4,7-8,10H2,1H3,(H,17,21). The third kappa shape index (κ3) is 5.85. The number of hydrogen-bond donors (Lipinski definition) is 1. The smallest absolute Gasteiger partial charge is 0.230 e. The number of benzene rings is 1. The molecule has 124 valence electrons. The minimum Gasteiger partial charge on any atom is -0.382 e. The topological polar surface area (TPSA) is 69.0 Å². The Morgan fingerprint density at radius 3 is 3.13 bits per heavy atom. The molecule has 1 aromatic heterocycles. The molecule has 6 nitrogen and oxygen atoms in total. The number of hydrogen-bond acceptors (Lipinski definition) is 5. The van der Waals surface area contributed by atoms with Gasteiger partial charge in [-0.3, -0.25) is 9.36 Å². The van der Waals surface area contributed by atoms with Gasteiger partial charge in [0.1, 0.15) is 6.33 Å². The highest BCUT2D eigenvalue weighted by atomic mass is 35.5. The molecule has 1 aromatic carbocycles. The Hall–Kier alpha value is -1.57. The molecule has 23 heavy (non-hydrogen) atoms. The molecular formula is C15H19ClN4O2S. The molecule has 0 saturated carbocycles. The van der Waals surface area contributed by atoms with Crippen molar-refractivity contribution in [1.29, 1.82) is 0 Å². The largest absolute Gasteiger partial charge is 0.382 e. The highest BCUT2D eigenvalue weighted by Gasteiger charge is 2.10. The summed E-state index contributed by atoms with van der Waals surface area (Å²) < 4.78 is 7.02. The van der Waals surface area contributed by atoms with Gasteiger partial charge in [-0.2, -0.15) is 0 Å². The average Bonchev–Trinajstić information content (AvgIpc) is 3.01. The number of thioether (sulfide) groups is 1. The van der Waals surface area contributed by atoms with Gasteiger partial charge < -0.3 is 10.1 Å². The quantitative estimate of drug-likeness (QED) is 0.553. The fraction of sp³-hybridized carbons (Fsp3) is 0.400. The Labute approximate surface area is 144 Å². The van der Waals surface area contributed by atoms with Crippen LogP contribution < -0.4 is 5.32 Å². The number of nitrogens with zero attached hydrogens (tertiary/aromatic N) is 3. The molecular weight excluding hydrogens is 336 g/mol. The summed E-state index contributed by atoms with van der Waals surface area (Å²) in [5.74, 6) is 0.251. The molecule has 0 aliphatic rings. The van der Waals surface area contributed by atoms with Gasteiger partial charge in [-0.1, -0.05) is 29.4 Å². The van der Waals surface area contributed by atoms with Crippen LogP contribution in [-0.2, 0) is 9.53 Å². The van der Waals surface area contributed by atoms with Crippen LogP contribution >= 0.6 is 23.4 Å². The number of carbonyl (C=O) groups excluding carboxylic acids is 1. The molecule has 0 atom stereocenters. The Balaban J connectivity index is 1.83. The molecule has 0 aliphatic carbocycles. The van der Waals surface area contributed by atoms with Crippen LogP contribution in [0, 0.1) is 0 Å². The Morgan fingerprint density at radius 2 is 2.35 bits per heavy atom. The number of rotatable bonds is 9. The van der Waals surface area contributed by atoms with E-state index in [1.54, 1.807) is 17.0 Å². The zero-order valence-corrected chi connectivity index (χ0v) is 14.4. The molecule has 0 unspecified atom stereocenters. The van der Waals surface area contributed by atoms with E-state index in [0.717, 1.165) is 12.1 Å². The van der Waals surface area contributed by atoms with Crippen LogP contribution in [0.1, 0.15) is 13.3 Å². The van der Waals surface area contributed by atoms with Crippen LogP contribution in [-0.4, -0.2) is 46.2 Å². The van der Waals surface area contributed by atoms with E-state index < -0.39 is 0 Å². The van der Waals surface area contributed by atoms with Crippen molar-refractivity contribution < 1.29 is 9.53 Å². The zero-order valence-electron chi connectivity index (χ0n) is 12.9. The van der Waals surface area contributed by atoms with Crippen molar-refractivity contribution in [2.75, 3.05) is 25.5 Å². The molecule has 0 aliphatic heterocycles. The highest BCUT2D eigenvalue weighted by Crippen LogP contribution is 2.21. The van der Waals surface area contributed by atoms with Crippen molar-refractivity contribution in [1.82, 2.24) is 20.1 Å². The highest BCUT2D eigenvalue weighted by molar-refractivity contribution is 7.99. The lowest BCUT2D eigenvalue weighted by atomic mass is 10.3. The third-order valence-electron chi connectivity index (χ3n) is 2.93. The second-order valence-electron chi connectivity index (χ2n) is 4.65. The van der Waals surface area contributed by atoms with Crippen molar-refractivity contribution >= 4 is 29.3 Å². The summed E-state index contributed by atoms with van der Waals surface area (Å²) in [7, 11) is 0. The van der Waals surface area contributed by atoms with Gasteiger partial charge >= 0.3 is 0 Å². The molecule has 1 N–H and O–H groups in total. The molecule has 2 rings (SSSR count). The first-order valence-corrected chi connectivity index (χ1v) is 8.70. The lowest BCUT2D eigenvalue weighted by Crippen LogP contribution is -2.27. The van der Waals surface area contributed by atoms with Crippen LogP contribution in [0.15, 0.2) is 35.7 Å². The van der Waals surface area contributed by atoms with E-state index in [1.165, 1.54) is 11.8 Å². The van der Waals surface area contributed by atoms with E-state index in [2.05, 4.69) is 15.5 Å².